The van der Waals surface area contributed by atoms with Crippen molar-refractivity contribution >= 4 is 27.3 Å². The highest BCUT2D eigenvalue weighted by Gasteiger charge is 2.30. The maximum atomic E-state index is 13.7. The molecule has 0 aliphatic carbocycles. The molecule has 0 radical (unpaired) electrons. The van der Waals surface area contributed by atoms with Gasteiger partial charge in [-0.05, 0) is 54.4 Å². The molecule has 1 aliphatic heterocycles. The lowest BCUT2D eigenvalue weighted by molar-refractivity contribution is 0.102. The van der Waals surface area contributed by atoms with Crippen molar-refractivity contribution in [2.75, 3.05) is 16.2 Å². The number of hydrogen-bond donors (Lipinski definition) is 1. The topological polar surface area (TPSA) is 66.5 Å². The van der Waals surface area contributed by atoms with Gasteiger partial charge in [0.1, 0.15) is 5.82 Å². The molecule has 1 heterocycles. The minimum absolute atomic E-state index is 0.0675. The summed E-state index contributed by atoms with van der Waals surface area (Å²) >= 11 is 0. The number of para-hydroxylation sites is 2. The summed E-state index contributed by atoms with van der Waals surface area (Å²) in [6.45, 7) is 0.386. The summed E-state index contributed by atoms with van der Waals surface area (Å²) in [5.74, 6) is -1.05. The normalized spacial score (nSPS) is 13.2. The van der Waals surface area contributed by atoms with Crippen LogP contribution in [-0.4, -0.2) is 20.9 Å². The lowest BCUT2D eigenvalue weighted by Gasteiger charge is -2.19. The third kappa shape index (κ3) is 3.25. The van der Waals surface area contributed by atoms with Crippen LogP contribution in [0.3, 0.4) is 0 Å². The number of benzene rings is 3. The average molecular weight is 396 g/mol. The first kappa shape index (κ1) is 18.2. The maximum absolute atomic E-state index is 13.7. The number of rotatable bonds is 4. The summed E-state index contributed by atoms with van der Waals surface area (Å²) < 4.78 is 41.0. The summed E-state index contributed by atoms with van der Waals surface area (Å²) in [6, 6.07) is 18.9. The molecule has 3 aromatic carbocycles. The quantitative estimate of drug-likeness (QED) is 0.729. The van der Waals surface area contributed by atoms with Gasteiger partial charge >= 0.3 is 0 Å². The standard InChI is InChI=1S/C21H17FN2O3S/c22-18-6-2-3-7-19(18)23-21(25)16-9-11-17(12-10-16)28(26,27)24-14-13-15-5-1-4-8-20(15)24/h1-12H,13-14H2,(H,23,25). The molecule has 4 rings (SSSR count). The van der Waals surface area contributed by atoms with E-state index in [1.807, 2.05) is 18.2 Å². The Labute approximate surface area is 162 Å². The van der Waals surface area contributed by atoms with E-state index < -0.39 is 21.7 Å². The molecule has 0 aromatic heterocycles. The highest BCUT2D eigenvalue weighted by Crippen LogP contribution is 2.32. The number of carbonyl (C=O) groups is 1. The van der Waals surface area contributed by atoms with Gasteiger partial charge in [-0.15, -0.1) is 0 Å². The van der Waals surface area contributed by atoms with Crippen molar-refractivity contribution in [3.8, 4) is 0 Å². The molecule has 5 nitrogen and oxygen atoms in total. The molecule has 0 fully saturated rings. The van der Waals surface area contributed by atoms with E-state index >= 15 is 0 Å². The van der Waals surface area contributed by atoms with Gasteiger partial charge in [0.15, 0.2) is 0 Å². The van der Waals surface area contributed by atoms with Crippen LogP contribution in [0.25, 0.3) is 0 Å². The van der Waals surface area contributed by atoms with Crippen LogP contribution in [0.15, 0.2) is 77.7 Å². The Morgan fingerprint density at radius 2 is 1.61 bits per heavy atom. The molecule has 0 unspecified atom stereocenters. The van der Waals surface area contributed by atoms with E-state index in [0.29, 0.717) is 18.7 Å². The molecule has 0 saturated heterocycles. The van der Waals surface area contributed by atoms with E-state index in [1.54, 1.807) is 12.1 Å². The minimum atomic E-state index is -3.72. The van der Waals surface area contributed by atoms with Crippen LogP contribution in [-0.2, 0) is 16.4 Å². The van der Waals surface area contributed by atoms with Gasteiger partial charge in [0.2, 0.25) is 0 Å². The van der Waals surface area contributed by atoms with Crippen LogP contribution < -0.4 is 9.62 Å². The van der Waals surface area contributed by atoms with E-state index in [9.17, 15) is 17.6 Å². The fourth-order valence-corrected chi connectivity index (χ4v) is 4.72. The van der Waals surface area contributed by atoms with Gasteiger partial charge in [-0.1, -0.05) is 30.3 Å². The van der Waals surface area contributed by atoms with Crippen molar-refractivity contribution in [2.45, 2.75) is 11.3 Å². The van der Waals surface area contributed by atoms with Gasteiger partial charge in [-0.25, -0.2) is 12.8 Å². The fraction of sp³-hybridized carbons (Fsp3) is 0.0952. The summed E-state index contributed by atoms with van der Waals surface area (Å²) in [7, 11) is -3.72. The molecular weight excluding hydrogens is 379 g/mol. The smallest absolute Gasteiger partial charge is 0.264 e. The molecule has 0 saturated carbocycles. The van der Waals surface area contributed by atoms with Crippen molar-refractivity contribution in [2.24, 2.45) is 0 Å². The first-order valence-corrected chi connectivity index (χ1v) is 10.2. The second kappa shape index (κ2) is 7.09. The molecule has 3 aromatic rings. The number of fused-ring (bicyclic) bond motifs is 1. The molecule has 0 bridgehead atoms. The number of amides is 1. The third-order valence-electron chi connectivity index (χ3n) is 4.67. The number of sulfonamides is 1. The Balaban J connectivity index is 1.56. The molecule has 1 N–H and O–H groups in total. The fourth-order valence-electron chi connectivity index (χ4n) is 3.22. The number of hydrogen-bond acceptors (Lipinski definition) is 3. The van der Waals surface area contributed by atoms with E-state index in [2.05, 4.69) is 5.32 Å². The monoisotopic (exact) mass is 396 g/mol. The van der Waals surface area contributed by atoms with Crippen molar-refractivity contribution in [3.63, 3.8) is 0 Å². The molecule has 7 heteroatoms. The number of carbonyl (C=O) groups excluding carboxylic acids is 1. The Hall–Kier alpha value is -3.19. The second-order valence-corrected chi connectivity index (χ2v) is 8.28. The van der Waals surface area contributed by atoms with Crippen LogP contribution >= 0.6 is 0 Å². The zero-order valence-electron chi connectivity index (χ0n) is 14.8. The van der Waals surface area contributed by atoms with Crippen molar-refractivity contribution in [3.05, 3.63) is 89.7 Å². The van der Waals surface area contributed by atoms with Gasteiger partial charge < -0.3 is 5.32 Å². The third-order valence-corrected chi connectivity index (χ3v) is 6.50. The zero-order valence-corrected chi connectivity index (χ0v) is 15.6. The lowest BCUT2D eigenvalue weighted by Crippen LogP contribution is -2.29. The highest BCUT2D eigenvalue weighted by atomic mass is 32.2. The van der Waals surface area contributed by atoms with Gasteiger partial charge in [-0.2, -0.15) is 0 Å². The van der Waals surface area contributed by atoms with E-state index in [-0.39, 0.29) is 16.1 Å². The molecule has 0 atom stereocenters. The summed E-state index contributed by atoms with van der Waals surface area (Å²) in [5, 5.41) is 2.48. The van der Waals surface area contributed by atoms with Crippen LogP contribution in [0.1, 0.15) is 15.9 Å². The summed E-state index contributed by atoms with van der Waals surface area (Å²) in [4.78, 5) is 12.4. The highest BCUT2D eigenvalue weighted by molar-refractivity contribution is 7.92. The Kier molecular flexibility index (Phi) is 4.60. The van der Waals surface area contributed by atoms with Gasteiger partial charge in [0.05, 0.1) is 16.3 Å². The predicted octanol–water partition coefficient (Wildman–Crippen LogP) is 3.83. The minimum Gasteiger partial charge on any atom is -0.319 e. The Morgan fingerprint density at radius 1 is 0.929 bits per heavy atom. The Morgan fingerprint density at radius 3 is 2.36 bits per heavy atom. The van der Waals surface area contributed by atoms with Crippen molar-refractivity contribution in [1.29, 1.82) is 0 Å². The maximum Gasteiger partial charge on any atom is 0.264 e. The summed E-state index contributed by atoms with van der Waals surface area (Å²) in [6.07, 6.45) is 0.665. The second-order valence-electron chi connectivity index (χ2n) is 6.41. The predicted molar refractivity (Wildman–Crippen MR) is 105 cm³/mol. The Bertz CT molecular complexity index is 1140. The average Bonchev–Trinajstić information content (AvgIpc) is 3.15. The molecule has 0 spiro atoms. The van der Waals surface area contributed by atoms with E-state index in [0.717, 1.165) is 5.56 Å². The molecule has 1 aliphatic rings. The van der Waals surface area contributed by atoms with Crippen LogP contribution in [0.4, 0.5) is 15.8 Å². The van der Waals surface area contributed by atoms with E-state index in [1.165, 1.54) is 46.8 Å². The van der Waals surface area contributed by atoms with Gasteiger partial charge in [0.25, 0.3) is 15.9 Å². The van der Waals surface area contributed by atoms with E-state index in [4.69, 9.17) is 0 Å². The number of nitrogens with one attached hydrogen (secondary N) is 1. The SMILES string of the molecule is O=C(Nc1ccccc1F)c1ccc(S(=O)(=O)N2CCc3ccccc32)cc1. The van der Waals surface area contributed by atoms with Crippen molar-refractivity contribution in [1.82, 2.24) is 0 Å². The molecule has 1 amide bonds. The number of halogens is 1. The van der Waals surface area contributed by atoms with Gasteiger partial charge in [-0.3, -0.25) is 9.10 Å². The molecular formula is C21H17FN2O3S. The molecule has 142 valence electrons. The van der Waals surface area contributed by atoms with Crippen molar-refractivity contribution < 1.29 is 17.6 Å². The molecule has 28 heavy (non-hydrogen) atoms. The summed E-state index contributed by atoms with van der Waals surface area (Å²) in [5.41, 5.74) is 1.98. The van der Waals surface area contributed by atoms with Crippen LogP contribution in [0, 0.1) is 5.82 Å². The number of nitrogens with zero attached hydrogens (tertiary/aromatic N) is 1. The van der Waals surface area contributed by atoms with Crippen LogP contribution in [0.5, 0.6) is 0 Å². The van der Waals surface area contributed by atoms with Crippen LogP contribution in [0.2, 0.25) is 0 Å². The lowest BCUT2D eigenvalue weighted by atomic mass is 10.2. The zero-order chi connectivity index (χ0) is 19.7. The largest absolute Gasteiger partial charge is 0.319 e. The first-order chi connectivity index (χ1) is 13.5. The number of anilines is 2. The first-order valence-electron chi connectivity index (χ1n) is 8.73. The van der Waals surface area contributed by atoms with Gasteiger partial charge in [0, 0.05) is 12.1 Å².